The molecule has 176 valence electrons. The van der Waals surface area contributed by atoms with Gasteiger partial charge >= 0.3 is 5.97 Å². The van der Waals surface area contributed by atoms with E-state index in [4.69, 9.17) is 18.9 Å². The zero-order chi connectivity index (χ0) is 24.4. The molecule has 0 bridgehead atoms. The van der Waals surface area contributed by atoms with Gasteiger partial charge in [-0.05, 0) is 24.6 Å². The molecular formula is C25H24N2O6S. The molecule has 0 saturated heterocycles. The highest BCUT2D eigenvalue weighted by Crippen LogP contribution is 2.35. The number of esters is 1. The summed E-state index contributed by atoms with van der Waals surface area (Å²) in [6.07, 6.45) is 1.73. The lowest BCUT2D eigenvalue weighted by Crippen LogP contribution is -2.39. The van der Waals surface area contributed by atoms with Crippen LogP contribution in [0.4, 0.5) is 0 Å². The van der Waals surface area contributed by atoms with E-state index in [1.165, 1.54) is 23.0 Å². The van der Waals surface area contributed by atoms with Crippen LogP contribution >= 0.6 is 11.3 Å². The maximum absolute atomic E-state index is 13.7. The van der Waals surface area contributed by atoms with E-state index < -0.39 is 12.0 Å². The van der Waals surface area contributed by atoms with Crippen molar-refractivity contribution >= 4 is 23.4 Å². The molecule has 8 nitrogen and oxygen atoms in total. The molecule has 0 spiro atoms. The summed E-state index contributed by atoms with van der Waals surface area (Å²) >= 11 is 1.24. The van der Waals surface area contributed by atoms with Crippen LogP contribution in [-0.2, 0) is 9.53 Å². The Morgan fingerprint density at radius 3 is 2.26 bits per heavy atom. The summed E-state index contributed by atoms with van der Waals surface area (Å²) in [5, 5.41) is 0. The van der Waals surface area contributed by atoms with Crippen molar-refractivity contribution in [3.05, 3.63) is 84.5 Å². The smallest absolute Gasteiger partial charge is 0.338 e. The number of nitrogens with zero attached hydrogens (tertiary/aromatic N) is 2. The standard InChI is InChI=1S/C25H24N2O6S/c1-14-21(24(29)33-5)22(15-9-7-6-8-10-15)27-23(28)20(34-25(27)26-14)12-16-11-18(31-3)19(32-4)13-17(16)30-2/h6-13,22H,1-5H3/b20-12-. The van der Waals surface area contributed by atoms with Gasteiger partial charge in [0.05, 0.1) is 50.3 Å². The van der Waals surface area contributed by atoms with Crippen LogP contribution in [0.1, 0.15) is 24.1 Å². The number of methoxy groups -OCH3 is 4. The fraction of sp³-hybridized carbons (Fsp3) is 0.240. The van der Waals surface area contributed by atoms with Crippen LogP contribution in [0.5, 0.6) is 17.2 Å². The first kappa shape index (κ1) is 23.3. The lowest BCUT2D eigenvalue weighted by molar-refractivity contribution is -0.136. The summed E-state index contributed by atoms with van der Waals surface area (Å²) in [5.41, 5.74) is 2.00. The molecule has 4 rings (SSSR count). The summed E-state index contributed by atoms with van der Waals surface area (Å²) in [5.74, 6) is 1.02. The molecule has 34 heavy (non-hydrogen) atoms. The SMILES string of the molecule is COC(=O)C1=C(C)N=c2s/c(=C\c3cc(OC)c(OC)cc3OC)c(=O)n2C1c1ccccc1. The number of thiazole rings is 1. The van der Waals surface area contributed by atoms with E-state index in [0.29, 0.717) is 43.4 Å². The zero-order valence-electron chi connectivity index (χ0n) is 19.4. The molecule has 2 heterocycles. The average molecular weight is 481 g/mol. The Balaban J connectivity index is 1.97. The molecule has 0 aliphatic carbocycles. The molecule has 1 aromatic heterocycles. The minimum Gasteiger partial charge on any atom is -0.496 e. The highest BCUT2D eigenvalue weighted by molar-refractivity contribution is 7.07. The summed E-state index contributed by atoms with van der Waals surface area (Å²) in [7, 11) is 5.94. The van der Waals surface area contributed by atoms with Gasteiger partial charge in [0.2, 0.25) is 0 Å². The minimum atomic E-state index is -0.653. The number of aromatic nitrogens is 1. The van der Waals surface area contributed by atoms with Crippen LogP contribution in [0.15, 0.2) is 63.5 Å². The van der Waals surface area contributed by atoms with E-state index >= 15 is 0 Å². The van der Waals surface area contributed by atoms with Crippen molar-refractivity contribution < 1.29 is 23.7 Å². The number of hydrogen-bond donors (Lipinski definition) is 0. The summed E-state index contributed by atoms with van der Waals surface area (Å²) in [6.45, 7) is 1.75. The second kappa shape index (κ2) is 9.56. The first-order chi connectivity index (χ1) is 16.4. The third-order valence-corrected chi connectivity index (χ3v) is 6.55. The number of fused-ring (bicyclic) bond motifs is 1. The van der Waals surface area contributed by atoms with E-state index in [-0.39, 0.29) is 5.56 Å². The Labute approximate surface area is 200 Å². The summed E-state index contributed by atoms with van der Waals surface area (Å²) in [6, 6.07) is 12.2. The largest absolute Gasteiger partial charge is 0.496 e. The van der Waals surface area contributed by atoms with Crippen LogP contribution in [-0.4, -0.2) is 39.0 Å². The molecule has 1 aliphatic heterocycles. The van der Waals surface area contributed by atoms with E-state index in [2.05, 4.69) is 4.99 Å². The van der Waals surface area contributed by atoms with Crippen LogP contribution < -0.4 is 29.1 Å². The van der Waals surface area contributed by atoms with Gasteiger partial charge in [-0.25, -0.2) is 9.79 Å². The first-order valence-electron chi connectivity index (χ1n) is 10.4. The maximum Gasteiger partial charge on any atom is 0.338 e. The van der Waals surface area contributed by atoms with Crippen molar-refractivity contribution in [2.45, 2.75) is 13.0 Å². The quantitative estimate of drug-likeness (QED) is 0.504. The van der Waals surface area contributed by atoms with Gasteiger partial charge in [-0.2, -0.15) is 0 Å². The predicted molar refractivity (Wildman–Crippen MR) is 128 cm³/mol. The van der Waals surface area contributed by atoms with Crippen LogP contribution in [0.2, 0.25) is 0 Å². The number of benzene rings is 2. The van der Waals surface area contributed by atoms with Gasteiger partial charge in [-0.15, -0.1) is 0 Å². The van der Waals surface area contributed by atoms with Crippen molar-refractivity contribution in [3.63, 3.8) is 0 Å². The van der Waals surface area contributed by atoms with Crippen molar-refractivity contribution in [3.8, 4) is 17.2 Å². The molecule has 0 N–H and O–H groups in total. The molecule has 0 fully saturated rings. The van der Waals surface area contributed by atoms with Crippen molar-refractivity contribution in [1.29, 1.82) is 0 Å². The molecule has 1 unspecified atom stereocenters. The van der Waals surface area contributed by atoms with E-state index in [1.807, 2.05) is 30.3 Å². The highest BCUT2D eigenvalue weighted by Gasteiger charge is 2.32. The number of ether oxygens (including phenoxy) is 4. The van der Waals surface area contributed by atoms with Crippen molar-refractivity contribution in [1.82, 2.24) is 4.57 Å². The Morgan fingerprint density at radius 1 is 1.00 bits per heavy atom. The Hall–Kier alpha value is -3.85. The Morgan fingerprint density at radius 2 is 1.65 bits per heavy atom. The maximum atomic E-state index is 13.7. The lowest BCUT2D eigenvalue weighted by atomic mass is 9.96. The van der Waals surface area contributed by atoms with Gasteiger partial charge in [0.1, 0.15) is 5.75 Å². The molecular weight excluding hydrogens is 456 g/mol. The first-order valence-corrected chi connectivity index (χ1v) is 11.2. The van der Waals surface area contributed by atoms with E-state index in [9.17, 15) is 9.59 Å². The normalized spacial score (nSPS) is 15.4. The van der Waals surface area contributed by atoms with Crippen LogP contribution in [0.3, 0.4) is 0 Å². The van der Waals surface area contributed by atoms with Gasteiger partial charge in [0, 0.05) is 11.6 Å². The van der Waals surface area contributed by atoms with Gasteiger partial charge in [0.25, 0.3) is 5.56 Å². The molecule has 0 saturated carbocycles. The Kier molecular flexibility index (Phi) is 6.56. The molecule has 0 radical (unpaired) electrons. The summed E-state index contributed by atoms with van der Waals surface area (Å²) in [4.78, 5) is 31.4. The predicted octanol–water partition coefficient (Wildman–Crippen LogP) is 2.43. The lowest BCUT2D eigenvalue weighted by Gasteiger charge is -2.24. The monoisotopic (exact) mass is 480 g/mol. The molecule has 1 atom stereocenters. The third kappa shape index (κ3) is 3.99. The molecule has 0 amide bonds. The van der Waals surface area contributed by atoms with E-state index in [1.54, 1.807) is 46.5 Å². The minimum absolute atomic E-state index is 0.275. The van der Waals surface area contributed by atoms with E-state index in [0.717, 1.165) is 5.56 Å². The zero-order valence-corrected chi connectivity index (χ0v) is 20.3. The number of hydrogen-bond acceptors (Lipinski definition) is 8. The number of allylic oxidation sites excluding steroid dienone is 1. The molecule has 3 aromatic rings. The Bertz CT molecular complexity index is 1450. The van der Waals surface area contributed by atoms with Gasteiger partial charge in [-0.1, -0.05) is 41.7 Å². The van der Waals surface area contributed by atoms with Crippen molar-refractivity contribution in [2.75, 3.05) is 28.4 Å². The van der Waals surface area contributed by atoms with Gasteiger partial charge in [0.15, 0.2) is 16.3 Å². The molecule has 1 aliphatic rings. The molecule has 9 heteroatoms. The summed E-state index contributed by atoms with van der Waals surface area (Å²) < 4.78 is 23.3. The fourth-order valence-corrected chi connectivity index (χ4v) is 4.99. The van der Waals surface area contributed by atoms with Crippen LogP contribution in [0.25, 0.3) is 6.08 Å². The van der Waals surface area contributed by atoms with Gasteiger partial charge in [-0.3, -0.25) is 9.36 Å². The fourth-order valence-electron chi connectivity index (χ4n) is 3.95. The molecule has 2 aromatic carbocycles. The second-order valence-electron chi connectivity index (χ2n) is 7.43. The number of carbonyl (C=O) groups is 1. The average Bonchev–Trinajstić information content (AvgIpc) is 3.17. The van der Waals surface area contributed by atoms with Gasteiger partial charge < -0.3 is 18.9 Å². The second-order valence-corrected chi connectivity index (χ2v) is 8.44. The van der Waals surface area contributed by atoms with Crippen molar-refractivity contribution in [2.24, 2.45) is 4.99 Å². The van der Waals surface area contributed by atoms with Crippen LogP contribution in [0, 0.1) is 0 Å². The highest BCUT2D eigenvalue weighted by atomic mass is 32.1. The third-order valence-electron chi connectivity index (χ3n) is 5.56. The number of carbonyl (C=O) groups excluding carboxylic acids is 1. The topological polar surface area (TPSA) is 88.4 Å². The number of rotatable bonds is 6.